The van der Waals surface area contributed by atoms with Crippen LogP contribution >= 0.6 is 23.4 Å². The van der Waals surface area contributed by atoms with Gasteiger partial charge in [0.1, 0.15) is 23.2 Å². The van der Waals surface area contributed by atoms with Gasteiger partial charge in [0, 0.05) is 30.6 Å². The van der Waals surface area contributed by atoms with Crippen molar-refractivity contribution < 1.29 is 4.79 Å². The van der Waals surface area contributed by atoms with E-state index in [0.29, 0.717) is 34.4 Å². The van der Waals surface area contributed by atoms with Crippen molar-refractivity contribution >= 4 is 35.1 Å². The zero-order valence-electron chi connectivity index (χ0n) is 15.0. The molecule has 28 heavy (non-hydrogen) atoms. The number of carbonyl (C=O) groups excluding carboxylic acids is 1. The molecule has 3 aromatic rings. The molecule has 0 saturated heterocycles. The van der Waals surface area contributed by atoms with E-state index >= 15 is 0 Å². The van der Waals surface area contributed by atoms with Gasteiger partial charge < -0.3 is 15.6 Å². The highest BCUT2D eigenvalue weighted by Gasteiger charge is 2.29. The molecular weight excluding hydrogens is 398 g/mol. The number of pyridine rings is 1. The van der Waals surface area contributed by atoms with Crippen LogP contribution in [-0.2, 0) is 11.2 Å². The molecule has 0 aromatic carbocycles. The van der Waals surface area contributed by atoms with Gasteiger partial charge in [-0.15, -0.1) is 10.2 Å². The van der Waals surface area contributed by atoms with E-state index in [1.807, 2.05) is 31.2 Å². The van der Waals surface area contributed by atoms with E-state index < -0.39 is 0 Å². The Labute approximate surface area is 170 Å². The summed E-state index contributed by atoms with van der Waals surface area (Å²) < 4.78 is 1.80. The Kier molecular flexibility index (Phi) is 5.19. The van der Waals surface area contributed by atoms with Gasteiger partial charge >= 0.3 is 0 Å². The number of anilines is 1. The first-order valence-electron chi connectivity index (χ1n) is 8.72. The van der Waals surface area contributed by atoms with Crippen LogP contribution < -0.4 is 11.1 Å². The van der Waals surface area contributed by atoms with Gasteiger partial charge in [0.25, 0.3) is 0 Å². The maximum Gasteiger partial charge on any atom is 0.241 e. The molecule has 2 unspecified atom stereocenters. The lowest BCUT2D eigenvalue weighted by Gasteiger charge is -2.14. The number of rotatable bonds is 6. The highest BCUT2D eigenvalue weighted by Crippen LogP contribution is 2.34. The van der Waals surface area contributed by atoms with Crippen LogP contribution in [0.3, 0.4) is 0 Å². The summed E-state index contributed by atoms with van der Waals surface area (Å²) in [6, 6.07) is 7.05. The molecule has 0 aliphatic carbocycles. The van der Waals surface area contributed by atoms with Crippen molar-refractivity contribution in [3.63, 3.8) is 0 Å². The van der Waals surface area contributed by atoms with Crippen LogP contribution in [0, 0.1) is 0 Å². The Balaban J connectivity index is 1.44. The number of imidazole rings is 1. The number of fused-ring (bicyclic) bond motifs is 1. The van der Waals surface area contributed by atoms with Crippen molar-refractivity contribution in [2.24, 2.45) is 5.73 Å². The molecule has 0 fully saturated rings. The van der Waals surface area contributed by atoms with Crippen molar-refractivity contribution in [3.8, 4) is 11.4 Å². The van der Waals surface area contributed by atoms with E-state index in [2.05, 4.69) is 25.5 Å². The Morgan fingerprint density at radius 3 is 2.96 bits per heavy atom. The quantitative estimate of drug-likeness (QED) is 0.636. The van der Waals surface area contributed by atoms with E-state index in [9.17, 15) is 4.79 Å². The fourth-order valence-electron chi connectivity index (χ4n) is 2.99. The molecule has 4 heterocycles. The fourth-order valence-corrected chi connectivity index (χ4v) is 4.31. The predicted molar refractivity (Wildman–Crippen MR) is 108 cm³/mol. The Hall–Kier alpha value is -2.65. The first-order chi connectivity index (χ1) is 13.5. The molecule has 3 aromatic heterocycles. The molecule has 0 radical (unpaired) electrons. The van der Waals surface area contributed by atoms with Crippen molar-refractivity contribution in [1.29, 1.82) is 0 Å². The van der Waals surface area contributed by atoms with Crippen molar-refractivity contribution in [2.45, 2.75) is 30.6 Å². The molecule has 1 amide bonds. The van der Waals surface area contributed by atoms with Crippen LogP contribution in [0.2, 0.25) is 5.02 Å². The number of primary amides is 1. The SMILES string of the molecule is CC(Cc1ncccc1Cl)Nc1ccc(-c2cn3c(n2)SCC3C(N)=O)nn1. The molecule has 4 rings (SSSR count). The third kappa shape index (κ3) is 3.81. The Morgan fingerprint density at radius 2 is 2.25 bits per heavy atom. The molecule has 0 saturated carbocycles. The number of nitrogens with two attached hydrogens (primary N) is 1. The molecule has 3 N–H and O–H groups in total. The number of hydrogen-bond donors (Lipinski definition) is 2. The third-order valence-electron chi connectivity index (χ3n) is 4.39. The number of thioether (sulfide) groups is 1. The van der Waals surface area contributed by atoms with Gasteiger partial charge in [-0.05, 0) is 31.2 Å². The number of aromatic nitrogens is 5. The fraction of sp³-hybridized carbons (Fsp3) is 0.278. The van der Waals surface area contributed by atoms with Gasteiger partial charge in [-0.25, -0.2) is 4.98 Å². The van der Waals surface area contributed by atoms with E-state index in [0.717, 1.165) is 10.9 Å². The van der Waals surface area contributed by atoms with Gasteiger partial charge in [0.15, 0.2) is 5.16 Å². The number of halogens is 1. The average molecular weight is 416 g/mol. The summed E-state index contributed by atoms with van der Waals surface area (Å²) in [6.07, 6.45) is 4.20. The second-order valence-electron chi connectivity index (χ2n) is 6.53. The zero-order chi connectivity index (χ0) is 19.7. The normalized spacial score (nSPS) is 16.6. The molecular formula is C18H18ClN7OS. The highest BCUT2D eigenvalue weighted by molar-refractivity contribution is 7.99. The first kappa shape index (κ1) is 18.7. The number of carbonyl (C=O) groups is 1. The summed E-state index contributed by atoms with van der Waals surface area (Å²) in [5.41, 5.74) is 7.58. The number of hydrogen-bond acceptors (Lipinski definition) is 7. The zero-order valence-corrected chi connectivity index (χ0v) is 16.6. The summed E-state index contributed by atoms with van der Waals surface area (Å²) in [5, 5.41) is 13.2. The van der Waals surface area contributed by atoms with Crippen molar-refractivity contribution in [2.75, 3.05) is 11.1 Å². The maximum absolute atomic E-state index is 11.5. The molecule has 1 aliphatic rings. The van der Waals surface area contributed by atoms with Gasteiger partial charge in [-0.3, -0.25) is 9.78 Å². The number of nitrogens with one attached hydrogen (secondary N) is 1. The lowest BCUT2D eigenvalue weighted by atomic mass is 10.1. The third-order valence-corrected chi connectivity index (χ3v) is 5.78. The second-order valence-corrected chi connectivity index (χ2v) is 7.92. The minimum atomic E-state index is -0.366. The summed E-state index contributed by atoms with van der Waals surface area (Å²) in [7, 11) is 0. The molecule has 1 aliphatic heterocycles. The monoisotopic (exact) mass is 415 g/mol. The lowest BCUT2D eigenvalue weighted by Crippen LogP contribution is -2.25. The van der Waals surface area contributed by atoms with E-state index in [-0.39, 0.29) is 18.0 Å². The number of nitrogens with zero attached hydrogens (tertiary/aromatic N) is 5. The Bertz CT molecular complexity index is 1010. The van der Waals surface area contributed by atoms with E-state index in [4.69, 9.17) is 17.3 Å². The van der Waals surface area contributed by atoms with Crippen LogP contribution in [0.5, 0.6) is 0 Å². The molecule has 0 spiro atoms. The molecule has 144 valence electrons. The average Bonchev–Trinajstić information content (AvgIpc) is 3.25. The predicted octanol–water partition coefficient (Wildman–Crippen LogP) is 2.56. The topological polar surface area (TPSA) is 112 Å². The Morgan fingerprint density at radius 1 is 1.39 bits per heavy atom. The maximum atomic E-state index is 11.5. The first-order valence-corrected chi connectivity index (χ1v) is 10.1. The second kappa shape index (κ2) is 7.76. The molecule has 10 heteroatoms. The number of amides is 1. The van der Waals surface area contributed by atoms with Crippen molar-refractivity contribution in [3.05, 3.63) is 47.4 Å². The van der Waals surface area contributed by atoms with E-state index in [1.54, 1.807) is 17.0 Å². The van der Waals surface area contributed by atoms with Gasteiger partial charge in [0.2, 0.25) is 5.91 Å². The summed E-state index contributed by atoms with van der Waals surface area (Å²) in [4.78, 5) is 20.3. The van der Waals surface area contributed by atoms with Gasteiger partial charge in [-0.1, -0.05) is 23.4 Å². The highest BCUT2D eigenvalue weighted by atomic mass is 35.5. The summed E-state index contributed by atoms with van der Waals surface area (Å²) in [6.45, 7) is 2.03. The van der Waals surface area contributed by atoms with Gasteiger partial charge in [-0.2, -0.15) is 0 Å². The smallest absolute Gasteiger partial charge is 0.241 e. The summed E-state index contributed by atoms with van der Waals surface area (Å²) in [5.74, 6) is 0.910. The molecule has 0 bridgehead atoms. The minimum absolute atomic E-state index is 0.0803. The largest absolute Gasteiger partial charge is 0.368 e. The van der Waals surface area contributed by atoms with Crippen LogP contribution in [0.1, 0.15) is 18.7 Å². The van der Waals surface area contributed by atoms with Crippen LogP contribution in [-0.4, -0.2) is 42.4 Å². The van der Waals surface area contributed by atoms with Crippen molar-refractivity contribution in [1.82, 2.24) is 24.7 Å². The summed E-state index contributed by atoms with van der Waals surface area (Å²) >= 11 is 7.67. The lowest BCUT2D eigenvalue weighted by molar-refractivity contribution is -0.120. The minimum Gasteiger partial charge on any atom is -0.368 e. The molecule has 2 atom stereocenters. The van der Waals surface area contributed by atoms with Gasteiger partial charge in [0.05, 0.1) is 10.7 Å². The van der Waals surface area contributed by atoms with Crippen LogP contribution in [0.4, 0.5) is 5.82 Å². The van der Waals surface area contributed by atoms with E-state index in [1.165, 1.54) is 11.8 Å². The van der Waals surface area contributed by atoms with Crippen LogP contribution in [0.15, 0.2) is 41.8 Å². The molecule has 8 nitrogen and oxygen atoms in total. The van der Waals surface area contributed by atoms with Crippen LogP contribution in [0.25, 0.3) is 11.4 Å². The standard InChI is InChI=1S/C18H18ClN7OS/c1-10(7-13-11(19)3-2-6-21-13)22-16-5-4-12(24-25-16)14-8-26-15(17(20)27)9-28-18(26)23-14/h2-6,8,10,15H,7,9H2,1H3,(H2,20,27)(H,22,25).